The van der Waals surface area contributed by atoms with Gasteiger partial charge in [0.1, 0.15) is 17.0 Å². The number of hydrogen-bond acceptors (Lipinski definition) is 6. The van der Waals surface area contributed by atoms with E-state index < -0.39 is 0 Å². The predicted molar refractivity (Wildman–Crippen MR) is 95.5 cm³/mol. The largest absolute Gasteiger partial charge is 0.368 e. The highest BCUT2D eigenvalue weighted by molar-refractivity contribution is 6.30. The van der Waals surface area contributed by atoms with E-state index in [4.69, 9.17) is 17.3 Å². The number of aryl methyl sites for hydroxylation is 2. The van der Waals surface area contributed by atoms with Gasteiger partial charge in [-0.1, -0.05) is 11.6 Å². The number of aromatic nitrogens is 7. The average molecular weight is 355 g/mol. The number of fused-ring (bicyclic) bond motifs is 1. The van der Waals surface area contributed by atoms with Gasteiger partial charge in [0, 0.05) is 30.1 Å². The van der Waals surface area contributed by atoms with E-state index in [1.54, 1.807) is 18.6 Å². The van der Waals surface area contributed by atoms with Crippen molar-refractivity contribution in [2.24, 2.45) is 0 Å². The fourth-order valence-electron chi connectivity index (χ4n) is 2.86. The van der Waals surface area contributed by atoms with Crippen molar-refractivity contribution in [2.45, 2.75) is 20.4 Å². The number of rotatable bonds is 3. The Bertz CT molecular complexity index is 1080. The van der Waals surface area contributed by atoms with Crippen LogP contribution < -0.4 is 5.73 Å². The maximum atomic E-state index is 6.06. The molecule has 4 aromatic heterocycles. The molecule has 8 nitrogen and oxygen atoms in total. The molecule has 4 aromatic rings. The van der Waals surface area contributed by atoms with E-state index in [-0.39, 0.29) is 5.95 Å². The topological polar surface area (TPSA) is 100 Å². The molecule has 9 heteroatoms. The summed E-state index contributed by atoms with van der Waals surface area (Å²) in [6, 6.07) is 1.99. The van der Waals surface area contributed by atoms with E-state index in [9.17, 15) is 0 Å². The summed E-state index contributed by atoms with van der Waals surface area (Å²) in [5, 5.41) is 4.65. The molecule has 0 unspecified atom stereocenters. The van der Waals surface area contributed by atoms with Gasteiger partial charge in [-0.2, -0.15) is 14.8 Å². The summed E-state index contributed by atoms with van der Waals surface area (Å²) >= 11 is 6.06. The zero-order valence-electron chi connectivity index (χ0n) is 13.7. The van der Waals surface area contributed by atoms with Gasteiger partial charge in [-0.15, -0.1) is 0 Å². The number of imidazole rings is 1. The average Bonchev–Trinajstić information content (AvgIpc) is 3.19. The monoisotopic (exact) mass is 354 g/mol. The Balaban J connectivity index is 2.02. The molecule has 0 aliphatic rings. The van der Waals surface area contributed by atoms with Crippen LogP contribution in [0.5, 0.6) is 0 Å². The number of halogens is 1. The second-order valence-corrected chi connectivity index (χ2v) is 5.93. The Hall–Kier alpha value is -3.00. The van der Waals surface area contributed by atoms with Crippen molar-refractivity contribution in [3.63, 3.8) is 0 Å². The minimum atomic E-state index is 0.281. The minimum absolute atomic E-state index is 0.281. The van der Waals surface area contributed by atoms with Crippen molar-refractivity contribution in [3.8, 4) is 17.1 Å². The highest BCUT2D eigenvalue weighted by atomic mass is 35.5. The predicted octanol–water partition coefficient (Wildman–Crippen LogP) is 2.64. The molecule has 25 heavy (non-hydrogen) atoms. The Morgan fingerprint density at radius 2 is 2.04 bits per heavy atom. The van der Waals surface area contributed by atoms with Crippen molar-refractivity contribution in [2.75, 3.05) is 5.73 Å². The Morgan fingerprint density at radius 3 is 2.72 bits per heavy atom. The molecule has 0 saturated carbocycles. The van der Waals surface area contributed by atoms with Gasteiger partial charge in [0.2, 0.25) is 11.9 Å². The number of anilines is 1. The molecule has 0 bridgehead atoms. The summed E-state index contributed by atoms with van der Waals surface area (Å²) in [5.74, 6) is 0.879. The normalized spacial score (nSPS) is 11.3. The maximum absolute atomic E-state index is 6.06. The summed E-state index contributed by atoms with van der Waals surface area (Å²) in [4.78, 5) is 17.2. The lowest BCUT2D eigenvalue weighted by molar-refractivity contribution is 0.706. The van der Waals surface area contributed by atoms with Crippen molar-refractivity contribution < 1.29 is 0 Å². The summed E-state index contributed by atoms with van der Waals surface area (Å²) in [7, 11) is 0. The van der Waals surface area contributed by atoms with E-state index in [1.807, 2.05) is 24.5 Å². The van der Waals surface area contributed by atoms with E-state index in [2.05, 4.69) is 25.0 Å². The number of nitrogens with zero attached hydrogens (tertiary/aromatic N) is 7. The molecule has 0 spiro atoms. The maximum Gasteiger partial charge on any atom is 0.235 e. The minimum Gasteiger partial charge on any atom is -0.368 e. The van der Waals surface area contributed by atoms with Crippen molar-refractivity contribution in [1.82, 2.24) is 34.3 Å². The van der Waals surface area contributed by atoms with E-state index in [0.29, 0.717) is 17.6 Å². The van der Waals surface area contributed by atoms with E-state index >= 15 is 0 Å². The van der Waals surface area contributed by atoms with Gasteiger partial charge in [0.05, 0.1) is 11.7 Å². The van der Waals surface area contributed by atoms with Gasteiger partial charge in [0.25, 0.3) is 0 Å². The molecule has 0 aliphatic heterocycles. The Morgan fingerprint density at radius 1 is 1.20 bits per heavy atom. The zero-order valence-corrected chi connectivity index (χ0v) is 14.4. The first kappa shape index (κ1) is 15.5. The molecule has 0 amide bonds. The van der Waals surface area contributed by atoms with Crippen LogP contribution in [0.4, 0.5) is 5.95 Å². The number of nitrogens with two attached hydrogens (primary N) is 1. The van der Waals surface area contributed by atoms with Crippen molar-refractivity contribution >= 4 is 28.6 Å². The molecule has 0 aliphatic carbocycles. The number of nitrogen functional groups attached to an aromatic ring is 1. The van der Waals surface area contributed by atoms with Crippen LogP contribution in [0.25, 0.3) is 28.1 Å². The lowest BCUT2D eigenvalue weighted by Gasteiger charge is -2.10. The summed E-state index contributed by atoms with van der Waals surface area (Å²) < 4.78 is 3.54. The molecule has 4 heterocycles. The van der Waals surface area contributed by atoms with Crippen LogP contribution in [0.2, 0.25) is 5.15 Å². The molecule has 0 saturated heterocycles. The molecular weight excluding hydrogens is 340 g/mol. The third-order valence-corrected chi connectivity index (χ3v) is 4.43. The quantitative estimate of drug-likeness (QED) is 0.567. The second kappa shape index (κ2) is 5.82. The molecule has 126 valence electrons. The molecule has 0 radical (unpaired) electrons. The lowest BCUT2D eigenvalue weighted by atomic mass is 10.1. The van der Waals surface area contributed by atoms with Crippen LogP contribution in [0, 0.1) is 6.92 Å². The van der Waals surface area contributed by atoms with Gasteiger partial charge in [-0.25, -0.2) is 9.97 Å². The first-order valence-corrected chi connectivity index (χ1v) is 8.10. The summed E-state index contributed by atoms with van der Waals surface area (Å²) in [6.45, 7) is 4.64. The third-order valence-electron chi connectivity index (χ3n) is 4.04. The van der Waals surface area contributed by atoms with Gasteiger partial charge >= 0.3 is 0 Å². The smallest absolute Gasteiger partial charge is 0.235 e. The summed E-state index contributed by atoms with van der Waals surface area (Å²) in [5.41, 5.74) is 10.3. The van der Waals surface area contributed by atoms with Crippen LogP contribution >= 0.6 is 11.6 Å². The van der Waals surface area contributed by atoms with E-state index in [0.717, 1.165) is 27.7 Å². The van der Waals surface area contributed by atoms with Crippen molar-refractivity contribution in [3.05, 3.63) is 41.7 Å². The second-order valence-electron chi connectivity index (χ2n) is 5.57. The number of pyridine rings is 2. The first-order valence-electron chi connectivity index (χ1n) is 7.72. The highest BCUT2D eigenvalue weighted by Crippen LogP contribution is 2.31. The Kier molecular flexibility index (Phi) is 3.61. The van der Waals surface area contributed by atoms with Gasteiger partial charge in [-0.3, -0.25) is 4.98 Å². The van der Waals surface area contributed by atoms with Gasteiger partial charge < -0.3 is 10.3 Å². The zero-order chi connectivity index (χ0) is 17.6. The molecule has 4 rings (SSSR count). The van der Waals surface area contributed by atoms with Gasteiger partial charge in [0.15, 0.2) is 0 Å². The van der Waals surface area contributed by atoms with Gasteiger partial charge in [-0.05, 0) is 25.5 Å². The van der Waals surface area contributed by atoms with Crippen LogP contribution in [-0.2, 0) is 6.54 Å². The van der Waals surface area contributed by atoms with Crippen LogP contribution in [0.1, 0.15) is 12.5 Å². The van der Waals surface area contributed by atoms with E-state index in [1.165, 1.54) is 11.0 Å². The molecular formula is C16H15ClN8. The standard InChI is InChI=1S/C16H15ClN8/c1-3-24-13-11(10-4-9(2)14(17)20-5-10)6-19-7-12(13)23-16(24)25-15(18)21-8-22-25/h4-8H,3H2,1-2H3,(H2,18,21,22). The van der Waals surface area contributed by atoms with Crippen LogP contribution in [0.3, 0.4) is 0 Å². The molecule has 0 atom stereocenters. The van der Waals surface area contributed by atoms with Crippen LogP contribution in [0.15, 0.2) is 31.0 Å². The number of hydrogen-bond donors (Lipinski definition) is 1. The fourth-order valence-corrected chi connectivity index (χ4v) is 2.96. The fraction of sp³-hybridized carbons (Fsp3) is 0.188. The highest BCUT2D eigenvalue weighted by Gasteiger charge is 2.18. The third kappa shape index (κ3) is 2.42. The molecule has 2 N–H and O–H groups in total. The summed E-state index contributed by atoms with van der Waals surface area (Å²) in [6.07, 6.45) is 6.66. The Labute approximate surface area is 148 Å². The molecule has 0 fully saturated rings. The lowest BCUT2D eigenvalue weighted by Crippen LogP contribution is -2.10. The SMILES string of the molecule is CCn1c(-n2ncnc2N)nc2cncc(-c3cnc(Cl)c(C)c3)c21. The van der Waals surface area contributed by atoms with Crippen LogP contribution in [-0.4, -0.2) is 34.3 Å². The molecule has 0 aromatic carbocycles. The van der Waals surface area contributed by atoms with Crippen molar-refractivity contribution in [1.29, 1.82) is 0 Å². The first-order chi connectivity index (χ1) is 12.1.